The van der Waals surface area contributed by atoms with E-state index in [4.69, 9.17) is 14.6 Å². The Balaban J connectivity index is 1.30. The molecule has 3 heterocycles. The molecule has 0 aromatic heterocycles. The van der Waals surface area contributed by atoms with E-state index in [2.05, 4.69) is 23.6 Å². The lowest BCUT2D eigenvalue weighted by molar-refractivity contribution is -0.146. The summed E-state index contributed by atoms with van der Waals surface area (Å²) < 4.78 is 12.5. The van der Waals surface area contributed by atoms with E-state index in [1.54, 1.807) is 0 Å². The third-order valence-corrected chi connectivity index (χ3v) is 8.53. The number of aliphatic hydroxyl groups is 1. The van der Waals surface area contributed by atoms with E-state index in [0.29, 0.717) is 5.92 Å². The van der Waals surface area contributed by atoms with Crippen molar-refractivity contribution >= 4 is 5.97 Å². The minimum atomic E-state index is -0.0394. The first-order chi connectivity index (χ1) is 13.0. The van der Waals surface area contributed by atoms with Crippen molar-refractivity contribution in [2.75, 3.05) is 45.9 Å². The molecule has 3 aliphatic heterocycles. The van der Waals surface area contributed by atoms with Crippen LogP contribution in [0.2, 0.25) is 0 Å². The Morgan fingerprint density at radius 1 is 1.22 bits per heavy atom. The van der Waals surface area contributed by atoms with Gasteiger partial charge >= 0.3 is 5.97 Å². The molecule has 0 radical (unpaired) electrons. The maximum absolute atomic E-state index is 12.8. The topological polar surface area (TPSA) is 65.5 Å². The van der Waals surface area contributed by atoms with E-state index in [1.807, 2.05) is 0 Å². The molecule has 0 amide bonds. The van der Waals surface area contributed by atoms with Crippen molar-refractivity contribution in [2.45, 2.75) is 57.3 Å². The van der Waals surface area contributed by atoms with Crippen molar-refractivity contribution in [3.8, 4) is 0 Å². The normalized spacial score (nSPS) is 49.9. The minimum Gasteiger partial charge on any atom is -0.462 e. The van der Waals surface area contributed by atoms with Crippen molar-refractivity contribution in [3.63, 3.8) is 0 Å². The van der Waals surface area contributed by atoms with Crippen LogP contribution in [-0.4, -0.2) is 84.6 Å². The van der Waals surface area contributed by atoms with Gasteiger partial charge in [-0.3, -0.25) is 14.6 Å². The Hall–Kier alpha value is -0.690. The minimum absolute atomic E-state index is 0.00152. The van der Waals surface area contributed by atoms with Crippen LogP contribution >= 0.6 is 0 Å². The molecule has 0 unspecified atom stereocenters. The third kappa shape index (κ3) is 2.63. The maximum Gasteiger partial charge on any atom is 0.311 e. The lowest BCUT2D eigenvalue weighted by Crippen LogP contribution is -2.55. The predicted octanol–water partition coefficient (Wildman–Crippen LogP) is 1.12. The summed E-state index contributed by atoms with van der Waals surface area (Å²) in [4.78, 5) is 17.5. The molecule has 5 aliphatic rings. The van der Waals surface area contributed by atoms with Gasteiger partial charge in [0.25, 0.3) is 0 Å². The second-order valence-electron chi connectivity index (χ2n) is 9.91. The number of hydrogen-bond acceptors (Lipinski definition) is 6. The molecule has 2 saturated carbocycles. The van der Waals surface area contributed by atoms with Gasteiger partial charge in [0, 0.05) is 50.6 Å². The molecule has 152 valence electrons. The fourth-order valence-corrected chi connectivity index (χ4v) is 7.06. The van der Waals surface area contributed by atoms with Crippen LogP contribution in [0.5, 0.6) is 0 Å². The van der Waals surface area contributed by atoms with Crippen molar-refractivity contribution < 1.29 is 19.4 Å². The smallest absolute Gasteiger partial charge is 0.311 e. The number of carbonyl (C=O) groups excluding carboxylic acids is 1. The van der Waals surface area contributed by atoms with Gasteiger partial charge in [0.05, 0.1) is 18.6 Å². The van der Waals surface area contributed by atoms with Crippen LogP contribution in [0.25, 0.3) is 0 Å². The number of rotatable bonds is 4. The zero-order valence-corrected chi connectivity index (χ0v) is 16.7. The number of aliphatic hydroxyl groups excluding tert-OH is 1. The van der Waals surface area contributed by atoms with Gasteiger partial charge in [-0.2, -0.15) is 0 Å². The Kier molecular flexibility index (Phi) is 4.35. The van der Waals surface area contributed by atoms with Crippen molar-refractivity contribution in [1.82, 2.24) is 9.80 Å². The highest BCUT2D eigenvalue weighted by molar-refractivity contribution is 5.76. The molecule has 6 nitrogen and oxygen atoms in total. The monoisotopic (exact) mass is 378 g/mol. The van der Waals surface area contributed by atoms with E-state index in [0.717, 1.165) is 45.7 Å². The largest absolute Gasteiger partial charge is 0.462 e. The zero-order valence-electron chi connectivity index (χ0n) is 16.7. The van der Waals surface area contributed by atoms with E-state index in [-0.39, 0.29) is 47.6 Å². The summed E-state index contributed by atoms with van der Waals surface area (Å²) in [6.45, 7) is 10.4. The Morgan fingerprint density at radius 2 is 1.96 bits per heavy atom. The van der Waals surface area contributed by atoms with E-state index in [9.17, 15) is 4.79 Å². The third-order valence-electron chi connectivity index (χ3n) is 8.53. The van der Waals surface area contributed by atoms with Gasteiger partial charge in [-0.1, -0.05) is 20.3 Å². The molecule has 0 aromatic carbocycles. The van der Waals surface area contributed by atoms with Gasteiger partial charge in [0.15, 0.2) is 0 Å². The van der Waals surface area contributed by atoms with E-state index >= 15 is 0 Å². The van der Waals surface area contributed by atoms with Crippen LogP contribution in [0.15, 0.2) is 0 Å². The SMILES string of the molecule is C[C@H]1CCC[C@]2(C)C[C@H]3OC(=O)[C@H](CN4CCN(CCO)CC4)[C@H]3[C@@H]3O[C@]132. The number of piperazine rings is 1. The van der Waals surface area contributed by atoms with Crippen LogP contribution in [-0.2, 0) is 14.3 Å². The summed E-state index contributed by atoms with van der Waals surface area (Å²) in [7, 11) is 0. The first-order valence-electron chi connectivity index (χ1n) is 10.9. The first kappa shape index (κ1) is 18.3. The molecule has 1 spiro atoms. The molecule has 27 heavy (non-hydrogen) atoms. The molecule has 5 fully saturated rings. The molecule has 0 aromatic rings. The van der Waals surface area contributed by atoms with Crippen LogP contribution in [0.4, 0.5) is 0 Å². The van der Waals surface area contributed by atoms with E-state index in [1.165, 1.54) is 19.3 Å². The molecule has 7 atom stereocenters. The van der Waals surface area contributed by atoms with Gasteiger partial charge < -0.3 is 14.6 Å². The number of hydrogen-bond donors (Lipinski definition) is 1. The number of fused-ring (bicyclic) bond motifs is 2. The van der Waals surface area contributed by atoms with Gasteiger partial charge in [-0.15, -0.1) is 0 Å². The zero-order chi connectivity index (χ0) is 18.8. The summed E-state index contributed by atoms with van der Waals surface area (Å²) in [6.07, 6.45) is 4.95. The number of ether oxygens (including phenoxy) is 2. The van der Waals surface area contributed by atoms with Gasteiger partial charge in [0.1, 0.15) is 11.7 Å². The predicted molar refractivity (Wildman–Crippen MR) is 100 cm³/mol. The quantitative estimate of drug-likeness (QED) is 0.584. The lowest BCUT2D eigenvalue weighted by atomic mass is 9.53. The van der Waals surface area contributed by atoms with Crippen LogP contribution in [0, 0.1) is 23.2 Å². The highest BCUT2D eigenvalue weighted by atomic mass is 16.6. The summed E-state index contributed by atoms with van der Waals surface area (Å²) in [6, 6.07) is 0. The second kappa shape index (κ2) is 6.41. The maximum atomic E-state index is 12.8. The number of carbonyl (C=O) groups is 1. The number of esters is 1. The molecule has 0 bridgehead atoms. The van der Waals surface area contributed by atoms with Crippen molar-refractivity contribution in [2.24, 2.45) is 23.2 Å². The summed E-state index contributed by atoms with van der Waals surface area (Å²) in [5.74, 6) is 0.785. The molecule has 1 N–H and O–H groups in total. The van der Waals surface area contributed by atoms with Crippen LogP contribution < -0.4 is 0 Å². The highest BCUT2D eigenvalue weighted by Gasteiger charge is 2.78. The molecule has 5 rings (SSSR count). The lowest BCUT2D eigenvalue weighted by Gasteiger charge is -2.49. The summed E-state index contributed by atoms with van der Waals surface area (Å²) in [5, 5.41) is 9.12. The number of epoxide rings is 1. The van der Waals surface area contributed by atoms with Crippen LogP contribution in [0.3, 0.4) is 0 Å². The highest BCUT2D eigenvalue weighted by Crippen LogP contribution is 2.70. The first-order valence-corrected chi connectivity index (χ1v) is 10.9. The number of nitrogens with zero attached hydrogens (tertiary/aromatic N) is 2. The molecule has 3 saturated heterocycles. The molecular formula is C21H34N2O4. The fraction of sp³-hybridized carbons (Fsp3) is 0.952. The molecular weight excluding hydrogens is 344 g/mol. The average molecular weight is 379 g/mol. The second-order valence-corrected chi connectivity index (χ2v) is 9.91. The van der Waals surface area contributed by atoms with Gasteiger partial charge in [0.2, 0.25) is 0 Å². The summed E-state index contributed by atoms with van der Waals surface area (Å²) in [5.41, 5.74) is 0.167. The molecule has 6 heteroatoms. The molecule has 2 aliphatic carbocycles. The number of β-amino-alcohol motifs (C(OH)–C–C–N with tert-alkyl or cyclic N) is 1. The average Bonchev–Trinajstić information content (AvgIpc) is 3.32. The van der Waals surface area contributed by atoms with Crippen molar-refractivity contribution in [1.29, 1.82) is 0 Å². The Bertz CT molecular complexity index is 607. The van der Waals surface area contributed by atoms with Gasteiger partial charge in [-0.25, -0.2) is 0 Å². The summed E-state index contributed by atoms with van der Waals surface area (Å²) >= 11 is 0. The van der Waals surface area contributed by atoms with Gasteiger partial charge in [-0.05, 0) is 25.2 Å². The standard InChI is InChI=1S/C21H34N2O4/c1-14-4-3-5-20(2)12-16-17(18-21(14,20)27-18)15(19(25)26-16)13-23-8-6-22(7-9-23)10-11-24/h14-18,24H,3-13H2,1-2H3/t14-,15+,16+,17+,18-,20+,21+/m0/s1. The Morgan fingerprint density at radius 3 is 2.70 bits per heavy atom. The van der Waals surface area contributed by atoms with E-state index < -0.39 is 0 Å². The van der Waals surface area contributed by atoms with Crippen LogP contribution in [0.1, 0.15) is 39.5 Å². The Labute approximate surface area is 162 Å². The van der Waals surface area contributed by atoms with Crippen molar-refractivity contribution in [3.05, 3.63) is 0 Å². The fourth-order valence-electron chi connectivity index (χ4n) is 7.06.